The molecule has 122 valence electrons. The average Bonchev–Trinajstić information content (AvgIpc) is 2.45. The zero-order chi connectivity index (χ0) is 15.4. The van der Waals surface area contributed by atoms with Gasteiger partial charge >= 0.3 is 0 Å². The van der Waals surface area contributed by atoms with Gasteiger partial charge in [0.05, 0.1) is 0 Å². The highest BCUT2D eigenvalue weighted by atomic mass is 14.7. The highest BCUT2D eigenvalue weighted by molar-refractivity contribution is 4.72. The molecule has 10 N–H and O–H groups in total. The van der Waals surface area contributed by atoms with Crippen LogP contribution in [0.15, 0.2) is 0 Å². The molecule has 4 unspecified atom stereocenters. The average molecular weight is 287 g/mol. The van der Waals surface area contributed by atoms with E-state index in [0.717, 1.165) is 57.8 Å². The van der Waals surface area contributed by atoms with Crippen LogP contribution in [0.25, 0.3) is 0 Å². The van der Waals surface area contributed by atoms with Gasteiger partial charge in [-0.2, -0.15) is 0 Å². The second kappa shape index (κ2) is 12.5. The van der Waals surface area contributed by atoms with Crippen LogP contribution in [0.4, 0.5) is 0 Å². The number of hydrogen-bond acceptors (Lipinski definition) is 5. The van der Waals surface area contributed by atoms with Gasteiger partial charge < -0.3 is 28.7 Å². The van der Waals surface area contributed by atoms with Crippen LogP contribution in [0.1, 0.15) is 64.7 Å². The zero-order valence-electron chi connectivity index (χ0n) is 13.3. The van der Waals surface area contributed by atoms with Crippen LogP contribution in [-0.2, 0) is 0 Å². The summed E-state index contributed by atoms with van der Waals surface area (Å²) in [5.74, 6) is 0. The van der Waals surface area contributed by atoms with Crippen molar-refractivity contribution in [2.45, 2.75) is 88.9 Å². The molecule has 20 heavy (non-hydrogen) atoms. The highest BCUT2D eigenvalue weighted by Gasteiger charge is 2.11. The summed E-state index contributed by atoms with van der Waals surface area (Å²) < 4.78 is 0. The minimum Gasteiger partial charge on any atom is -0.330 e. The number of rotatable bonds is 13. The van der Waals surface area contributed by atoms with E-state index in [1.807, 2.05) is 0 Å². The summed E-state index contributed by atoms with van der Waals surface area (Å²) >= 11 is 0. The van der Waals surface area contributed by atoms with Gasteiger partial charge in [-0.15, -0.1) is 0 Å². The maximum atomic E-state index is 6.12. The molecule has 5 nitrogen and oxygen atoms in total. The fourth-order valence-corrected chi connectivity index (χ4v) is 2.30. The van der Waals surface area contributed by atoms with E-state index in [0.29, 0.717) is 6.54 Å². The second-order valence-corrected chi connectivity index (χ2v) is 6.11. The standard InChI is InChI=1S/C15H37N5/c1-2-12(17)5-6-14(19)9-10-15(20)8-7-13(18)4-3-11-16/h12-15H,2-11,16-20H2,1H3. The van der Waals surface area contributed by atoms with Gasteiger partial charge in [-0.05, 0) is 64.3 Å². The van der Waals surface area contributed by atoms with Crippen molar-refractivity contribution in [2.24, 2.45) is 28.7 Å². The summed E-state index contributed by atoms with van der Waals surface area (Å²) in [5, 5.41) is 0. The van der Waals surface area contributed by atoms with Crippen LogP contribution in [-0.4, -0.2) is 30.7 Å². The molecule has 0 spiro atoms. The molecule has 0 aromatic heterocycles. The summed E-state index contributed by atoms with van der Waals surface area (Å²) in [6, 6.07) is 0.963. The molecule has 0 radical (unpaired) electrons. The Morgan fingerprint density at radius 3 is 1.30 bits per heavy atom. The molecule has 0 aliphatic heterocycles. The Morgan fingerprint density at radius 2 is 0.950 bits per heavy atom. The van der Waals surface area contributed by atoms with E-state index in [-0.39, 0.29) is 24.2 Å². The molecule has 0 rings (SSSR count). The van der Waals surface area contributed by atoms with E-state index in [4.69, 9.17) is 28.7 Å². The van der Waals surface area contributed by atoms with Crippen molar-refractivity contribution < 1.29 is 0 Å². The van der Waals surface area contributed by atoms with Crippen molar-refractivity contribution in [3.8, 4) is 0 Å². The molecular weight excluding hydrogens is 250 g/mol. The van der Waals surface area contributed by atoms with E-state index in [1.165, 1.54) is 0 Å². The Balaban J connectivity index is 3.58. The van der Waals surface area contributed by atoms with Crippen molar-refractivity contribution in [3.05, 3.63) is 0 Å². The Hall–Kier alpha value is -0.200. The van der Waals surface area contributed by atoms with Gasteiger partial charge in [0.1, 0.15) is 0 Å². The van der Waals surface area contributed by atoms with Crippen LogP contribution < -0.4 is 28.7 Å². The van der Waals surface area contributed by atoms with E-state index < -0.39 is 0 Å². The van der Waals surface area contributed by atoms with E-state index in [1.54, 1.807) is 0 Å². The van der Waals surface area contributed by atoms with E-state index in [9.17, 15) is 0 Å². The van der Waals surface area contributed by atoms with Gasteiger partial charge in [0, 0.05) is 24.2 Å². The molecule has 0 saturated heterocycles. The highest BCUT2D eigenvalue weighted by Crippen LogP contribution is 2.11. The summed E-state index contributed by atoms with van der Waals surface area (Å²) in [7, 11) is 0. The third kappa shape index (κ3) is 11.6. The Labute approximate surface area is 125 Å². The second-order valence-electron chi connectivity index (χ2n) is 6.11. The van der Waals surface area contributed by atoms with Crippen molar-refractivity contribution >= 4 is 0 Å². The minimum atomic E-state index is 0.213. The molecule has 5 heteroatoms. The van der Waals surface area contributed by atoms with Crippen LogP contribution in [0.2, 0.25) is 0 Å². The Morgan fingerprint density at radius 1 is 0.600 bits per heavy atom. The molecule has 0 aromatic carbocycles. The topological polar surface area (TPSA) is 130 Å². The van der Waals surface area contributed by atoms with Gasteiger partial charge in [0.25, 0.3) is 0 Å². The lowest BCUT2D eigenvalue weighted by molar-refractivity contribution is 0.429. The predicted octanol–water partition coefficient (Wildman–Crippen LogP) is 0.785. The monoisotopic (exact) mass is 287 g/mol. The van der Waals surface area contributed by atoms with Gasteiger partial charge in [0.2, 0.25) is 0 Å². The fourth-order valence-electron chi connectivity index (χ4n) is 2.30. The minimum absolute atomic E-state index is 0.213. The summed E-state index contributed by atoms with van der Waals surface area (Å²) in [5.41, 5.74) is 29.6. The molecule has 0 aliphatic rings. The van der Waals surface area contributed by atoms with Crippen molar-refractivity contribution in [2.75, 3.05) is 6.54 Å². The first-order valence-electron chi connectivity index (χ1n) is 8.21. The zero-order valence-corrected chi connectivity index (χ0v) is 13.3. The van der Waals surface area contributed by atoms with Gasteiger partial charge in [-0.3, -0.25) is 0 Å². The molecular formula is C15H37N5. The van der Waals surface area contributed by atoms with Crippen molar-refractivity contribution in [1.29, 1.82) is 0 Å². The van der Waals surface area contributed by atoms with Crippen molar-refractivity contribution in [1.82, 2.24) is 0 Å². The lowest BCUT2D eigenvalue weighted by Gasteiger charge is -2.18. The van der Waals surface area contributed by atoms with Crippen LogP contribution in [0.5, 0.6) is 0 Å². The smallest absolute Gasteiger partial charge is 0.00399 e. The van der Waals surface area contributed by atoms with Crippen LogP contribution in [0.3, 0.4) is 0 Å². The van der Waals surface area contributed by atoms with Crippen LogP contribution >= 0.6 is 0 Å². The molecule has 4 atom stereocenters. The van der Waals surface area contributed by atoms with Crippen molar-refractivity contribution in [3.63, 3.8) is 0 Å². The van der Waals surface area contributed by atoms with Crippen LogP contribution in [0, 0.1) is 0 Å². The molecule has 0 fully saturated rings. The fraction of sp³-hybridized carbons (Fsp3) is 1.00. The predicted molar refractivity (Wildman–Crippen MR) is 88.2 cm³/mol. The van der Waals surface area contributed by atoms with Gasteiger partial charge in [-0.1, -0.05) is 6.92 Å². The summed E-state index contributed by atoms with van der Waals surface area (Å²) in [6.07, 6.45) is 8.95. The largest absolute Gasteiger partial charge is 0.330 e. The van der Waals surface area contributed by atoms with Gasteiger partial charge in [0.15, 0.2) is 0 Å². The first-order valence-corrected chi connectivity index (χ1v) is 8.21. The first-order chi connectivity index (χ1) is 9.49. The lowest BCUT2D eigenvalue weighted by atomic mass is 9.96. The Kier molecular flexibility index (Phi) is 12.4. The molecule has 0 bridgehead atoms. The number of nitrogens with two attached hydrogens (primary N) is 5. The third-order valence-corrected chi connectivity index (χ3v) is 4.03. The van der Waals surface area contributed by atoms with E-state index >= 15 is 0 Å². The third-order valence-electron chi connectivity index (χ3n) is 4.03. The summed E-state index contributed by atoms with van der Waals surface area (Å²) in [4.78, 5) is 0. The Bertz CT molecular complexity index is 212. The number of hydrogen-bond donors (Lipinski definition) is 5. The quantitative estimate of drug-likeness (QED) is 0.342. The maximum absolute atomic E-state index is 6.12. The summed E-state index contributed by atoms with van der Waals surface area (Å²) in [6.45, 7) is 2.83. The molecule has 0 aromatic rings. The lowest BCUT2D eigenvalue weighted by Crippen LogP contribution is -2.30. The molecule has 0 aliphatic carbocycles. The SMILES string of the molecule is CCC(N)CCC(N)CCC(N)CCC(N)CCCN. The first kappa shape index (κ1) is 19.8. The molecule has 0 saturated carbocycles. The maximum Gasteiger partial charge on any atom is 0.00399 e. The normalized spacial score (nSPS) is 17.7. The van der Waals surface area contributed by atoms with Gasteiger partial charge in [-0.25, -0.2) is 0 Å². The van der Waals surface area contributed by atoms with E-state index in [2.05, 4.69) is 6.92 Å². The molecule has 0 amide bonds. The molecule has 0 heterocycles.